The van der Waals surface area contributed by atoms with Crippen molar-refractivity contribution in [2.45, 2.75) is 12.6 Å². The van der Waals surface area contributed by atoms with Crippen LogP contribution in [-0.2, 0) is 26.9 Å². The minimum atomic E-state index is -4.77. The minimum absolute atomic E-state index is 0.127. The molecule has 1 amide bonds. The second kappa shape index (κ2) is 9.04. The predicted octanol–water partition coefficient (Wildman–Crippen LogP) is 3.35. The van der Waals surface area contributed by atoms with Crippen LogP contribution in [0.3, 0.4) is 0 Å². The van der Waals surface area contributed by atoms with Crippen LogP contribution < -0.4 is 10.1 Å². The molecule has 2 aromatic carbocycles. The Kier molecular flexibility index (Phi) is 6.75. The van der Waals surface area contributed by atoms with E-state index in [2.05, 4.69) is 5.32 Å². The maximum absolute atomic E-state index is 12.7. The molecule has 154 valence electrons. The molecule has 0 atom stereocenters. The van der Waals surface area contributed by atoms with Crippen molar-refractivity contribution in [2.75, 3.05) is 19.0 Å². The molecule has 11 heteroatoms. The normalized spacial score (nSPS) is 10.9. The Bertz CT molecular complexity index is 913. The van der Waals surface area contributed by atoms with E-state index in [9.17, 15) is 32.9 Å². The van der Waals surface area contributed by atoms with Crippen molar-refractivity contribution in [3.05, 3.63) is 63.7 Å². The third-order valence-electron chi connectivity index (χ3n) is 3.67. The molecule has 0 fully saturated rings. The van der Waals surface area contributed by atoms with Crippen LogP contribution in [0.4, 0.5) is 24.5 Å². The topological polar surface area (TPSA) is 108 Å². The Balaban J connectivity index is 1.96. The average molecular weight is 412 g/mol. The lowest BCUT2D eigenvalue weighted by Crippen LogP contribution is -2.22. The number of methoxy groups -OCH3 is 1. The number of carbonyl (C=O) groups is 2. The lowest BCUT2D eigenvalue weighted by molar-refractivity contribution is -0.384. The number of carbonyl (C=O) groups excluding carboxylic acids is 2. The highest BCUT2D eigenvalue weighted by Gasteiger charge is 2.33. The molecule has 2 rings (SSSR count). The average Bonchev–Trinajstić information content (AvgIpc) is 2.66. The number of nitro benzene ring substituents is 1. The zero-order chi connectivity index (χ0) is 21.6. The summed E-state index contributed by atoms with van der Waals surface area (Å²) in [5.74, 6) is -1.07. The van der Waals surface area contributed by atoms with Gasteiger partial charge >= 0.3 is 12.1 Å². The Morgan fingerprint density at radius 3 is 2.34 bits per heavy atom. The van der Waals surface area contributed by atoms with Crippen LogP contribution in [0.2, 0.25) is 0 Å². The second-order valence-corrected chi connectivity index (χ2v) is 5.72. The SMILES string of the molecule is COc1ccc(CC(=O)OCC(=O)Nc2ccc(C(F)(F)F)cc2[N+](=O)[O-])cc1. The summed E-state index contributed by atoms with van der Waals surface area (Å²) < 4.78 is 47.8. The molecular weight excluding hydrogens is 397 g/mol. The molecule has 0 aliphatic heterocycles. The molecule has 0 radical (unpaired) electrons. The number of anilines is 1. The van der Waals surface area contributed by atoms with Crippen molar-refractivity contribution in [2.24, 2.45) is 0 Å². The maximum atomic E-state index is 12.7. The highest BCUT2D eigenvalue weighted by Crippen LogP contribution is 2.34. The van der Waals surface area contributed by atoms with Gasteiger partial charge in [0, 0.05) is 6.07 Å². The number of esters is 1. The van der Waals surface area contributed by atoms with Gasteiger partial charge in [-0.25, -0.2) is 0 Å². The van der Waals surface area contributed by atoms with Gasteiger partial charge in [-0.05, 0) is 29.8 Å². The van der Waals surface area contributed by atoms with Crippen LogP contribution in [0.25, 0.3) is 0 Å². The third kappa shape index (κ3) is 6.19. The summed E-state index contributed by atoms with van der Waals surface area (Å²) >= 11 is 0. The first-order valence-electron chi connectivity index (χ1n) is 8.04. The summed E-state index contributed by atoms with van der Waals surface area (Å²) in [4.78, 5) is 33.6. The molecule has 0 aliphatic rings. The molecule has 2 aromatic rings. The number of hydrogen-bond acceptors (Lipinski definition) is 6. The highest BCUT2D eigenvalue weighted by molar-refractivity contribution is 5.95. The van der Waals surface area contributed by atoms with Gasteiger partial charge in [0.25, 0.3) is 11.6 Å². The van der Waals surface area contributed by atoms with E-state index in [1.807, 2.05) is 0 Å². The number of nitro groups is 1. The van der Waals surface area contributed by atoms with E-state index in [0.29, 0.717) is 23.4 Å². The number of ether oxygens (including phenoxy) is 2. The van der Waals surface area contributed by atoms with Crippen molar-refractivity contribution in [3.8, 4) is 5.75 Å². The molecule has 0 bridgehead atoms. The summed E-state index contributed by atoms with van der Waals surface area (Å²) in [5.41, 5.74) is -2.00. The lowest BCUT2D eigenvalue weighted by atomic mass is 10.1. The van der Waals surface area contributed by atoms with Crippen LogP contribution in [0, 0.1) is 10.1 Å². The maximum Gasteiger partial charge on any atom is 0.416 e. The quantitative estimate of drug-likeness (QED) is 0.425. The standard InChI is InChI=1S/C18H15F3N2O6/c1-28-13-5-2-11(3-6-13)8-17(25)29-10-16(24)22-14-7-4-12(18(19,20)21)9-15(14)23(26)27/h2-7,9H,8,10H2,1H3,(H,22,24). The fraction of sp³-hybridized carbons (Fsp3) is 0.222. The van der Waals surface area contributed by atoms with E-state index in [1.165, 1.54) is 7.11 Å². The summed E-state index contributed by atoms with van der Waals surface area (Å²) in [6.45, 7) is -0.757. The van der Waals surface area contributed by atoms with Crippen LogP contribution in [0.15, 0.2) is 42.5 Å². The number of hydrogen-bond donors (Lipinski definition) is 1. The predicted molar refractivity (Wildman–Crippen MR) is 94.4 cm³/mol. The minimum Gasteiger partial charge on any atom is -0.497 e. The van der Waals surface area contributed by atoms with E-state index < -0.39 is 46.5 Å². The lowest BCUT2D eigenvalue weighted by Gasteiger charge is -2.10. The first-order valence-corrected chi connectivity index (χ1v) is 8.04. The fourth-order valence-corrected chi connectivity index (χ4v) is 2.26. The van der Waals surface area contributed by atoms with Crippen molar-refractivity contribution >= 4 is 23.3 Å². The van der Waals surface area contributed by atoms with Crippen LogP contribution in [0.1, 0.15) is 11.1 Å². The number of halogens is 3. The van der Waals surface area contributed by atoms with E-state index >= 15 is 0 Å². The summed E-state index contributed by atoms with van der Waals surface area (Å²) in [6.07, 6.45) is -4.90. The molecule has 29 heavy (non-hydrogen) atoms. The van der Waals surface area contributed by atoms with E-state index in [-0.39, 0.29) is 6.42 Å². The van der Waals surface area contributed by atoms with Gasteiger partial charge in [-0.2, -0.15) is 13.2 Å². The van der Waals surface area contributed by atoms with Gasteiger partial charge in [-0.1, -0.05) is 12.1 Å². The van der Waals surface area contributed by atoms with Crippen LogP contribution in [-0.4, -0.2) is 30.5 Å². The Hall–Kier alpha value is -3.63. The molecular formula is C18H15F3N2O6. The summed E-state index contributed by atoms with van der Waals surface area (Å²) in [7, 11) is 1.49. The van der Waals surface area contributed by atoms with Crippen molar-refractivity contribution in [1.29, 1.82) is 0 Å². The summed E-state index contributed by atoms with van der Waals surface area (Å²) in [5, 5.41) is 13.1. The van der Waals surface area contributed by atoms with Gasteiger partial charge in [0.1, 0.15) is 11.4 Å². The Morgan fingerprint density at radius 1 is 1.14 bits per heavy atom. The molecule has 0 aromatic heterocycles. The van der Waals surface area contributed by atoms with E-state index in [0.717, 1.165) is 6.07 Å². The number of rotatable bonds is 7. The number of benzene rings is 2. The Morgan fingerprint density at radius 2 is 1.79 bits per heavy atom. The molecule has 1 N–H and O–H groups in total. The van der Waals surface area contributed by atoms with Gasteiger partial charge in [0.2, 0.25) is 0 Å². The van der Waals surface area contributed by atoms with Crippen molar-refractivity contribution < 1.29 is 37.2 Å². The molecule has 0 heterocycles. The zero-order valence-corrected chi connectivity index (χ0v) is 15.0. The van der Waals surface area contributed by atoms with Gasteiger partial charge in [0.15, 0.2) is 6.61 Å². The molecule has 0 spiro atoms. The third-order valence-corrected chi connectivity index (χ3v) is 3.67. The van der Waals surface area contributed by atoms with Crippen molar-refractivity contribution in [1.82, 2.24) is 0 Å². The second-order valence-electron chi connectivity index (χ2n) is 5.72. The molecule has 0 saturated carbocycles. The molecule has 0 unspecified atom stereocenters. The van der Waals surface area contributed by atoms with E-state index in [4.69, 9.17) is 9.47 Å². The van der Waals surface area contributed by atoms with E-state index in [1.54, 1.807) is 24.3 Å². The number of nitrogens with one attached hydrogen (secondary N) is 1. The smallest absolute Gasteiger partial charge is 0.416 e. The fourth-order valence-electron chi connectivity index (χ4n) is 2.26. The summed E-state index contributed by atoms with van der Waals surface area (Å²) in [6, 6.07) is 8.21. The van der Waals surface area contributed by atoms with Gasteiger partial charge in [-0.3, -0.25) is 19.7 Å². The van der Waals surface area contributed by atoms with Gasteiger partial charge in [-0.15, -0.1) is 0 Å². The largest absolute Gasteiger partial charge is 0.497 e. The van der Waals surface area contributed by atoms with Gasteiger partial charge in [0.05, 0.1) is 24.0 Å². The van der Waals surface area contributed by atoms with Gasteiger partial charge < -0.3 is 14.8 Å². The van der Waals surface area contributed by atoms with Crippen LogP contribution in [0.5, 0.6) is 5.75 Å². The highest BCUT2D eigenvalue weighted by atomic mass is 19.4. The number of nitrogens with zero attached hydrogens (tertiary/aromatic N) is 1. The Labute approximate surface area is 162 Å². The monoisotopic (exact) mass is 412 g/mol. The number of amides is 1. The zero-order valence-electron chi connectivity index (χ0n) is 15.0. The first kappa shape index (κ1) is 21.7. The first-order chi connectivity index (χ1) is 13.6. The number of alkyl halides is 3. The van der Waals surface area contributed by atoms with Crippen molar-refractivity contribution in [3.63, 3.8) is 0 Å². The molecule has 8 nitrogen and oxygen atoms in total. The molecule has 0 aliphatic carbocycles. The van der Waals surface area contributed by atoms with Crippen LogP contribution >= 0.6 is 0 Å². The molecule has 0 saturated heterocycles.